The summed E-state index contributed by atoms with van der Waals surface area (Å²) in [7, 11) is 0. The average Bonchev–Trinajstić information content (AvgIpc) is 3.39. The zero-order valence-electron chi connectivity index (χ0n) is 15.9. The van der Waals surface area contributed by atoms with Crippen LogP contribution in [0, 0.1) is 0 Å². The minimum absolute atomic E-state index is 0.0126. The van der Waals surface area contributed by atoms with Crippen LogP contribution in [0.2, 0.25) is 0 Å². The lowest BCUT2D eigenvalue weighted by Crippen LogP contribution is -2.33. The van der Waals surface area contributed by atoms with Crippen molar-refractivity contribution in [1.29, 1.82) is 0 Å². The molecule has 1 saturated heterocycles. The predicted octanol–water partition coefficient (Wildman–Crippen LogP) is 2.32. The van der Waals surface area contributed by atoms with E-state index in [2.05, 4.69) is 15.3 Å². The number of carbonyl (C=O) groups is 1. The molecule has 1 fully saturated rings. The largest absolute Gasteiger partial charge is 0.483 e. The summed E-state index contributed by atoms with van der Waals surface area (Å²) in [5, 5.41) is 3.03. The number of aromatic nitrogens is 2. The quantitative estimate of drug-likeness (QED) is 0.713. The number of imidazole rings is 1. The number of aliphatic imine (C=N–C) groups is 1. The maximum absolute atomic E-state index is 12.4. The molecule has 2 aliphatic rings. The van der Waals surface area contributed by atoms with Gasteiger partial charge in [0, 0.05) is 18.7 Å². The summed E-state index contributed by atoms with van der Waals surface area (Å²) in [6.45, 7) is 1.63. The van der Waals surface area contributed by atoms with Crippen LogP contribution in [0.3, 0.4) is 0 Å². The maximum atomic E-state index is 12.4. The highest BCUT2D eigenvalue weighted by atomic mass is 16.5. The zero-order chi connectivity index (χ0) is 19.8. The molecule has 1 unspecified atom stereocenters. The van der Waals surface area contributed by atoms with Crippen molar-refractivity contribution >= 4 is 28.8 Å². The van der Waals surface area contributed by atoms with E-state index >= 15 is 0 Å². The summed E-state index contributed by atoms with van der Waals surface area (Å²) >= 11 is 0. The van der Waals surface area contributed by atoms with E-state index in [9.17, 15) is 4.79 Å². The van der Waals surface area contributed by atoms with Gasteiger partial charge in [-0.25, -0.2) is 9.98 Å². The minimum Gasteiger partial charge on any atom is -0.483 e. The number of hydrogen-bond donors (Lipinski definition) is 2. The third kappa shape index (κ3) is 3.16. The van der Waals surface area contributed by atoms with E-state index in [0.717, 1.165) is 42.5 Å². The highest BCUT2D eigenvalue weighted by Crippen LogP contribution is 2.36. The fourth-order valence-electron chi connectivity index (χ4n) is 3.95. The Morgan fingerprint density at radius 3 is 2.76 bits per heavy atom. The highest BCUT2D eigenvalue weighted by Gasteiger charge is 2.27. The molecular formula is C21H22N6O2. The van der Waals surface area contributed by atoms with Crippen molar-refractivity contribution in [2.45, 2.75) is 19.0 Å². The van der Waals surface area contributed by atoms with Crippen molar-refractivity contribution in [2.24, 2.45) is 10.7 Å². The molecular weight excluding hydrogens is 368 g/mol. The first-order chi connectivity index (χ1) is 14.2. The second-order valence-electron chi connectivity index (χ2n) is 7.22. The molecule has 0 saturated carbocycles. The SMILES string of the molecule is NC1=NC(c2ccccc2OCC(=O)N2CCCC2)n2c(nc3ccccc32)N1. The third-order valence-corrected chi connectivity index (χ3v) is 5.35. The Morgan fingerprint density at radius 1 is 1.14 bits per heavy atom. The summed E-state index contributed by atoms with van der Waals surface area (Å²) in [5.74, 6) is 1.55. The predicted molar refractivity (Wildman–Crippen MR) is 111 cm³/mol. The van der Waals surface area contributed by atoms with Crippen LogP contribution in [0.25, 0.3) is 11.0 Å². The van der Waals surface area contributed by atoms with Gasteiger partial charge >= 0.3 is 0 Å². The van der Waals surface area contributed by atoms with Gasteiger partial charge in [-0.2, -0.15) is 0 Å². The Morgan fingerprint density at radius 2 is 1.90 bits per heavy atom. The number of nitrogens with one attached hydrogen (secondary N) is 1. The molecule has 0 spiro atoms. The number of carbonyl (C=O) groups excluding carboxylic acids is 1. The Hall–Kier alpha value is -3.55. The van der Waals surface area contributed by atoms with Crippen LogP contribution in [0.15, 0.2) is 53.5 Å². The van der Waals surface area contributed by atoms with Crippen molar-refractivity contribution in [1.82, 2.24) is 14.5 Å². The van der Waals surface area contributed by atoms with Gasteiger partial charge in [-0.3, -0.25) is 14.7 Å². The molecule has 1 amide bonds. The van der Waals surface area contributed by atoms with Crippen molar-refractivity contribution in [3.63, 3.8) is 0 Å². The van der Waals surface area contributed by atoms with Crippen LogP contribution in [0.5, 0.6) is 5.75 Å². The Kier molecular flexibility index (Phi) is 4.31. The number of rotatable bonds is 4. The van der Waals surface area contributed by atoms with Crippen molar-refractivity contribution in [3.8, 4) is 5.75 Å². The number of hydrogen-bond acceptors (Lipinski definition) is 6. The van der Waals surface area contributed by atoms with Gasteiger partial charge in [-0.05, 0) is 31.0 Å². The van der Waals surface area contributed by atoms with Gasteiger partial charge < -0.3 is 15.4 Å². The molecule has 3 heterocycles. The molecule has 1 aromatic heterocycles. The zero-order valence-corrected chi connectivity index (χ0v) is 15.9. The van der Waals surface area contributed by atoms with Crippen LogP contribution in [0.4, 0.5) is 5.95 Å². The summed E-state index contributed by atoms with van der Waals surface area (Å²) < 4.78 is 7.94. The summed E-state index contributed by atoms with van der Waals surface area (Å²) in [5.41, 5.74) is 8.67. The van der Waals surface area contributed by atoms with E-state index in [1.807, 2.05) is 58.0 Å². The van der Waals surface area contributed by atoms with Crippen LogP contribution < -0.4 is 15.8 Å². The molecule has 8 nitrogen and oxygen atoms in total. The normalized spacial score (nSPS) is 18.3. The Labute approximate surface area is 168 Å². The Balaban J connectivity index is 1.50. The highest BCUT2D eigenvalue weighted by molar-refractivity contribution is 5.94. The van der Waals surface area contributed by atoms with Crippen LogP contribution in [-0.2, 0) is 4.79 Å². The molecule has 5 rings (SSSR count). The smallest absolute Gasteiger partial charge is 0.260 e. The fourth-order valence-corrected chi connectivity index (χ4v) is 3.95. The first-order valence-electron chi connectivity index (χ1n) is 9.77. The lowest BCUT2D eigenvalue weighted by atomic mass is 10.1. The molecule has 29 heavy (non-hydrogen) atoms. The monoisotopic (exact) mass is 390 g/mol. The summed E-state index contributed by atoms with van der Waals surface area (Å²) in [6.07, 6.45) is 1.68. The molecule has 0 radical (unpaired) electrons. The number of guanidine groups is 1. The number of fused-ring (bicyclic) bond motifs is 3. The van der Waals surface area contributed by atoms with Crippen molar-refractivity contribution in [3.05, 3.63) is 54.1 Å². The minimum atomic E-state index is -0.434. The first-order valence-corrected chi connectivity index (χ1v) is 9.77. The van der Waals surface area contributed by atoms with Gasteiger partial charge in [0.2, 0.25) is 5.95 Å². The van der Waals surface area contributed by atoms with Gasteiger partial charge in [0.15, 0.2) is 18.7 Å². The molecule has 3 N–H and O–H groups in total. The topological polar surface area (TPSA) is 97.8 Å². The van der Waals surface area contributed by atoms with Crippen LogP contribution >= 0.6 is 0 Å². The molecule has 2 aliphatic heterocycles. The van der Waals surface area contributed by atoms with Crippen LogP contribution in [-0.4, -0.2) is 46.0 Å². The van der Waals surface area contributed by atoms with E-state index in [0.29, 0.717) is 17.7 Å². The number of nitrogens with zero attached hydrogens (tertiary/aromatic N) is 4. The molecule has 1 atom stereocenters. The summed E-state index contributed by atoms with van der Waals surface area (Å²) in [4.78, 5) is 23.5. The number of amides is 1. The van der Waals surface area contributed by atoms with Crippen molar-refractivity contribution in [2.75, 3.05) is 25.0 Å². The Bertz CT molecular complexity index is 1100. The van der Waals surface area contributed by atoms with Crippen molar-refractivity contribution < 1.29 is 9.53 Å². The number of benzene rings is 2. The number of para-hydroxylation sites is 3. The van der Waals surface area contributed by atoms with E-state index in [4.69, 9.17) is 10.5 Å². The maximum Gasteiger partial charge on any atom is 0.260 e. The first kappa shape index (κ1) is 17.5. The standard InChI is InChI=1S/C21H22N6O2/c22-20-24-19(27-16-9-3-2-8-15(16)23-21(27)25-20)14-7-1-4-10-17(14)29-13-18(28)26-11-5-6-12-26/h1-4,7-10,19H,5-6,11-13H2,(H3,22,23,24,25). The number of ether oxygens (including phenoxy) is 1. The van der Waals surface area contributed by atoms with E-state index in [1.54, 1.807) is 0 Å². The number of likely N-dealkylation sites (tertiary alicyclic amines) is 1. The van der Waals surface area contributed by atoms with Gasteiger partial charge in [0.1, 0.15) is 5.75 Å². The van der Waals surface area contributed by atoms with E-state index in [-0.39, 0.29) is 12.5 Å². The lowest BCUT2D eigenvalue weighted by molar-refractivity contribution is -0.132. The fraction of sp³-hybridized carbons (Fsp3) is 0.286. The average molecular weight is 390 g/mol. The second-order valence-corrected chi connectivity index (χ2v) is 7.22. The van der Waals surface area contributed by atoms with Gasteiger partial charge in [-0.15, -0.1) is 0 Å². The van der Waals surface area contributed by atoms with E-state index in [1.165, 1.54) is 0 Å². The molecule has 8 heteroatoms. The molecule has 0 bridgehead atoms. The number of anilines is 1. The summed E-state index contributed by atoms with van der Waals surface area (Å²) in [6, 6.07) is 15.5. The number of nitrogens with two attached hydrogens (primary N) is 1. The molecule has 148 valence electrons. The molecule has 3 aromatic rings. The van der Waals surface area contributed by atoms with Gasteiger partial charge in [0.25, 0.3) is 5.91 Å². The second kappa shape index (κ2) is 7.12. The molecule has 2 aromatic carbocycles. The molecule has 0 aliphatic carbocycles. The van der Waals surface area contributed by atoms with Gasteiger partial charge in [0.05, 0.1) is 11.0 Å². The van der Waals surface area contributed by atoms with E-state index < -0.39 is 6.17 Å². The lowest BCUT2D eigenvalue weighted by Gasteiger charge is -2.25. The third-order valence-electron chi connectivity index (χ3n) is 5.35. The van der Waals surface area contributed by atoms with Gasteiger partial charge in [-0.1, -0.05) is 30.3 Å². The van der Waals surface area contributed by atoms with Crippen LogP contribution in [0.1, 0.15) is 24.6 Å².